The molecule has 0 aliphatic heterocycles. The van der Waals surface area contributed by atoms with Crippen LogP contribution in [0.15, 0.2) is 24.3 Å². The molecule has 11 heavy (non-hydrogen) atoms. The summed E-state index contributed by atoms with van der Waals surface area (Å²) in [5.41, 5.74) is 0.490. The minimum atomic E-state index is 0.490. The van der Waals surface area contributed by atoms with E-state index in [2.05, 4.69) is 45.1 Å². The molecule has 0 aromatic heterocycles. The Bertz CT molecular complexity index is 155. The standard InChI is InChI=1S/C11H18/c1-11(2,3)9-8-10-6-4-5-7-10/h4-7,10H,8-9H2,1-3H3. The summed E-state index contributed by atoms with van der Waals surface area (Å²) >= 11 is 0. The van der Waals surface area contributed by atoms with Crippen LogP contribution in [0.3, 0.4) is 0 Å². The highest BCUT2D eigenvalue weighted by molar-refractivity contribution is 5.17. The van der Waals surface area contributed by atoms with E-state index in [0.29, 0.717) is 11.3 Å². The molecule has 0 heteroatoms. The van der Waals surface area contributed by atoms with Crippen molar-refractivity contribution in [2.75, 3.05) is 0 Å². The number of allylic oxidation sites excluding steroid dienone is 4. The van der Waals surface area contributed by atoms with Gasteiger partial charge in [0.2, 0.25) is 0 Å². The Labute approximate surface area is 70.0 Å². The van der Waals surface area contributed by atoms with Gasteiger partial charge in [-0.15, -0.1) is 0 Å². The molecule has 1 aliphatic rings. The number of rotatable bonds is 2. The maximum Gasteiger partial charge on any atom is -0.00471 e. The molecule has 0 N–H and O–H groups in total. The fourth-order valence-electron chi connectivity index (χ4n) is 1.27. The van der Waals surface area contributed by atoms with E-state index in [0.717, 1.165) is 0 Å². The molecule has 1 aliphatic carbocycles. The summed E-state index contributed by atoms with van der Waals surface area (Å²) in [6.07, 6.45) is 11.5. The molecule has 0 nitrogen and oxygen atoms in total. The van der Waals surface area contributed by atoms with E-state index in [1.807, 2.05) is 0 Å². The van der Waals surface area contributed by atoms with E-state index in [9.17, 15) is 0 Å². The summed E-state index contributed by atoms with van der Waals surface area (Å²) in [4.78, 5) is 0. The fraction of sp³-hybridized carbons (Fsp3) is 0.636. The van der Waals surface area contributed by atoms with E-state index in [1.165, 1.54) is 12.8 Å². The minimum absolute atomic E-state index is 0.490. The van der Waals surface area contributed by atoms with Crippen molar-refractivity contribution in [2.45, 2.75) is 33.6 Å². The first kappa shape index (κ1) is 8.58. The zero-order chi connectivity index (χ0) is 8.32. The Morgan fingerprint density at radius 2 is 1.64 bits per heavy atom. The Kier molecular flexibility index (Phi) is 2.53. The van der Waals surface area contributed by atoms with Crippen molar-refractivity contribution in [1.29, 1.82) is 0 Å². The largest absolute Gasteiger partial charge is 0.0776 e. The van der Waals surface area contributed by atoms with Crippen LogP contribution in [0.5, 0.6) is 0 Å². The summed E-state index contributed by atoms with van der Waals surface area (Å²) < 4.78 is 0. The Hall–Kier alpha value is -0.520. The smallest absolute Gasteiger partial charge is 0.00471 e. The van der Waals surface area contributed by atoms with Crippen LogP contribution >= 0.6 is 0 Å². The third-order valence-corrected chi connectivity index (χ3v) is 2.06. The van der Waals surface area contributed by atoms with E-state index in [-0.39, 0.29) is 0 Å². The van der Waals surface area contributed by atoms with Crippen LogP contribution < -0.4 is 0 Å². The highest BCUT2D eigenvalue weighted by atomic mass is 14.2. The van der Waals surface area contributed by atoms with Gasteiger partial charge in [0.15, 0.2) is 0 Å². The lowest BCUT2D eigenvalue weighted by atomic mass is 9.87. The fourth-order valence-corrected chi connectivity index (χ4v) is 1.27. The third kappa shape index (κ3) is 3.41. The summed E-state index contributed by atoms with van der Waals surface area (Å²) in [6, 6.07) is 0. The molecule has 0 atom stereocenters. The van der Waals surface area contributed by atoms with Crippen LogP contribution in [-0.2, 0) is 0 Å². The Morgan fingerprint density at radius 3 is 2.09 bits per heavy atom. The van der Waals surface area contributed by atoms with Crippen molar-refractivity contribution in [1.82, 2.24) is 0 Å². The van der Waals surface area contributed by atoms with Gasteiger partial charge in [0.1, 0.15) is 0 Å². The van der Waals surface area contributed by atoms with Crippen LogP contribution in [0.4, 0.5) is 0 Å². The molecule has 0 saturated heterocycles. The first-order chi connectivity index (χ1) is 5.08. The molecule has 0 amide bonds. The van der Waals surface area contributed by atoms with Crippen LogP contribution in [0.1, 0.15) is 33.6 Å². The lowest BCUT2D eigenvalue weighted by Gasteiger charge is -2.19. The van der Waals surface area contributed by atoms with Gasteiger partial charge < -0.3 is 0 Å². The normalized spacial score (nSPS) is 18.1. The summed E-state index contributed by atoms with van der Waals surface area (Å²) in [6.45, 7) is 6.90. The van der Waals surface area contributed by atoms with Crippen molar-refractivity contribution in [3.05, 3.63) is 24.3 Å². The lowest BCUT2D eigenvalue weighted by molar-refractivity contribution is 0.354. The van der Waals surface area contributed by atoms with Gasteiger partial charge in [-0.05, 0) is 24.2 Å². The molecule has 1 rings (SSSR count). The van der Waals surface area contributed by atoms with Gasteiger partial charge in [-0.1, -0.05) is 45.1 Å². The maximum absolute atomic E-state index is 2.30. The summed E-state index contributed by atoms with van der Waals surface area (Å²) in [5.74, 6) is 0.717. The van der Waals surface area contributed by atoms with E-state index >= 15 is 0 Å². The summed E-state index contributed by atoms with van der Waals surface area (Å²) in [5, 5.41) is 0. The monoisotopic (exact) mass is 150 g/mol. The third-order valence-electron chi connectivity index (χ3n) is 2.06. The molecule has 0 unspecified atom stereocenters. The topological polar surface area (TPSA) is 0 Å². The lowest BCUT2D eigenvalue weighted by Crippen LogP contribution is -2.06. The van der Waals surface area contributed by atoms with Crippen LogP contribution in [0.25, 0.3) is 0 Å². The zero-order valence-electron chi connectivity index (χ0n) is 7.80. The Balaban J connectivity index is 2.23. The Morgan fingerprint density at radius 1 is 1.09 bits per heavy atom. The second-order valence-corrected chi connectivity index (χ2v) is 4.53. The molecule has 0 spiro atoms. The molecule has 0 heterocycles. The van der Waals surface area contributed by atoms with Gasteiger partial charge in [0.05, 0.1) is 0 Å². The minimum Gasteiger partial charge on any atom is -0.0776 e. The van der Waals surface area contributed by atoms with Crippen LogP contribution in [0, 0.1) is 11.3 Å². The predicted molar refractivity (Wildman–Crippen MR) is 50.5 cm³/mol. The highest BCUT2D eigenvalue weighted by Gasteiger charge is 2.12. The number of hydrogen-bond donors (Lipinski definition) is 0. The van der Waals surface area contributed by atoms with Gasteiger partial charge >= 0.3 is 0 Å². The van der Waals surface area contributed by atoms with Crippen molar-refractivity contribution in [3.63, 3.8) is 0 Å². The van der Waals surface area contributed by atoms with Crippen molar-refractivity contribution < 1.29 is 0 Å². The van der Waals surface area contributed by atoms with E-state index < -0.39 is 0 Å². The molecule has 0 aromatic carbocycles. The van der Waals surface area contributed by atoms with Gasteiger partial charge in [-0.2, -0.15) is 0 Å². The quantitative estimate of drug-likeness (QED) is 0.564. The molecule has 0 saturated carbocycles. The molecule has 0 fully saturated rings. The molecular formula is C11H18. The van der Waals surface area contributed by atoms with Gasteiger partial charge in [0.25, 0.3) is 0 Å². The average molecular weight is 150 g/mol. The SMILES string of the molecule is CC(C)(C)CCC1C=CC=C1. The van der Waals surface area contributed by atoms with Crippen LogP contribution in [0.2, 0.25) is 0 Å². The second kappa shape index (κ2) is 3.25. The molecular weight excluding hydrogens is 132 g/mol. The second-order valence-electron chi connectivity index (χ2n) is 4.53. The molecule has 62 valence electrons. The zero-order valence-corrected chi connectivity index (χ0v) is 7.80. The van der Waals surface area contributed by atoms with Gasteiger partial charge in [-0.25, -0.2) is 0 Å². The number of hydrogen-bond acceptors (Lipinski definition) is 0. The first-order valence-electron chi connectivity index (χ1n) is 4.43. The van der Waals surface area contributed by atoms with Crippen molar-refractivity contribution in [3.8, 4) is 0 Å². The molecule has 0 bridgehead atoms. The average Bonchev–Trinajstić information content (AvgIpc) is 2.32. The van der Waals surface area contributed by atoms with E-state index in [1.54, 1.807) is 0 Å². The van der Waals surface area contributed by atoms with Gasteiger partial charge in [0, 0.05) is 0 Å². The highest BCUT2D eigenvalue weighted by Crippen LogP contribution is 2.25. The van der Waals surface area contributed by atoms with Crippen molar-refractivity contribution >= 4 is 0 Å². The predicted octanol–water partition coefficient (Wildman–Crippen LogP) is 3.55. The molecule has 0 radical (unpaired) electrons. The van der Waals surface area contributed by atoms with Crippen molar-refractivity contribution in [2.24, 2.45) is 11.3 Å². The molecule has 0 aromatic rings. The maximum atomic E-state index is 2.30. The van der Waals surface area contributed by atoms with E-state index in [4.69, 9.17) is 0 Å². The first-order valence-corrected chi connectivity index (χ1v) is 4.43. The van der Waals surface area contributed by atoms with Gasteiger partial charge in [-0.3, -0.25) is 0 Å². The summed E-state index contributed by atoms with van der Waals surface area (Å²) in [7, 11) is 0. The van der Waals surface area contributed by atoms with Crippen LogP contribution in [-0.4, -0.2) is 0 Å².